The topological polar surface area (TPSA) is 90.5 Å². The van der Waals surface area contributed by atoms with Gasteiger partial charge < -0.3 is 20.4 Å². The van der Waals surface area contributed by atoms with E-state index in [1.165, 1.54) is 6.92 Å². The highest BCUT2D eigenvalue weighted by Crippen LogP contribution is 2.15. The van der Waals surface area contributed by atoms with Gasteiger partial charge in [0.15, 0.2) is 0 Å². The Hall–Kier alpha value is -3.00. The lowest BCUT2D eigenvalue weighted by molar-refractivity contribution is -0.114. The molecule has 3 rings (SSSR count). The number of hydrogen-bond acceptors (Lipinski definition) is 6. The van der Waals surface area contributed by atoms with Gasteiger partial charge in [-0.15, -0.1) is 0 Å². The molecule has 1 saturated heterocycles. The highest BCUT2D eigenvalue weighted by Gasteiger charge is 2.18. The van der Waals surface area contributed by atoms with Crippen molar-refractivity contribution in [3.63, 3.8) is 0 Å². The Morgan fingerprint density at radius 1 is 0.963 bits per heavy atom. The molecule has 2 N–H and O–H groups in total. The largest absolute Gasteiger partial charge is 0.338 e. The van der Waals surface area contributed by atoms with Gasteiger partial charge in [-0.05, 0) is 30.8 Å². The normalized spacial score (nSPS) is 14.7. The summed E-state index contributed by atoms with van der Waals surface area (Å²) in [4.78, 5) is 36.6. The second-order valence-corrected chi connectivity index (χ2v) is 6.41. The zero-order valence-corrected chi connectivity index (χ0v) is 15.6. The minimum Gasteiger partial charge on any atom is -0.338 e. The number of nitrogens with zero attached hydrogens (tertiary/aromatic N) is 4. The molecule has 1 aromatic heterocycles. The van der Waals surface area contributed by atoms with Crippen LogP contribution in [0.4, 0.5) is 17.3 Å². The van der Waals surface area contributed by atoms with Gasteiger partial charge >= 0.3 is 0 Å². The predicted molar refractivity (Wildman–Crippen MR) is 105 cm³/mol. The zero-order valence-electron chi connectivity index (χ0n) is 15.6. The van der Waals surface area contributed by atoms with Gasteiger partial charge in [-0.25, -0.2) is 9.97 Å². The fraction of sp³-hybridized carbons (Fsp3) is 0.368. The average Bonchev–Trinajstić information content (AvgIpc) is 2.69. The Morgan fingerprint density at radius 3 is 2.04 bits per heavy atom. The third kappa shape index (κ3) is 5.01. The molecule has 8 heteroatoms. The molecule has 1 aliphatic heterocycles. The van der Waals surface area contributed by atoms with E-state index >= 15 is 0 Å². The van der Waals surface area contributed by atoms with Crippen molar-refractivity contribution in [2.45, 2.75) is 13.8 Å². The average molecular weight is 368 g/mol. The SMILES string of the molecule is CCN1CCN(c2ncc(C(=O)Nc3ccc(NC(C)=O)cc3)cn2)CC1. The molecule has 0 bridgehead atoms. The maximum absolute atomic E-state index is 12.4. The number of likely N-dealkylation sites (N-methyl/N-ethyl adjacent to an activating group) is 1. The summed E-state index contributed by atoms with van der Waals surface area (Å²) >= 11 is 0. The van der Waals surface area contributed by atoms with Crippen molar-refractivity contribution in [3.05, 3.63) is 42.2 Å². The first-order chi connectivity index (χ1) is 13.0. The molecule has 2 amide bonds. The summed E-state index contributed by atoms with van der Waals surface area (Å²) in [5.74, 6) is 0.242. The van der Waals surface area contributed by atoms with Crippen LogP contribution in [0.2, 0.25) is 0 Å². The Labute approximate surface area is 158 Å². The maximum Gasteiger partial charge on any atom is 0.258 e. The molecule has 1 aliphatic rings. The molecule has 1 fully saturated rings. The summed E-state index contributed by atoms with van der Waals surface area (Å²) in [6.45, 7) is 8.43. The van der Waals surface area contributed by atoms with Crippen LogP contribution in [-0.4, -0.2) is 59.4 Å². The Balaban J connectivity index is 1.58. The molecule has 0 aliphatic carbocycles. The quantitative estimate of drug-likeness (QED) is 0.837. The smallest absolute Gasteiger partial charge is 0.258 e. The molecule has 0 atom stereocenters. The van der Waals surface area contributed by atoms with Crippen LogP contribution in [0.1, 0.15) is 24.2 Å². The van der Waals surface area contributed by atoms with Crippen LogP contribution in [0.5, 0.6) is 0 Å². The fourth-order valence-corrected chi connectivity index (χ4v) is 2.91. The van der Waals surface area contributed by atoms with Gasteiger partial charge in [0.05, 0.1) is 5.56 Å². The number of hydrogen-bond donors (Lipinski definition) is 2. The van der Waals surface area contributed by atoms with Crippen LogP contribution in [0, 0.1) is 0 Å². The van der Waals surface area contributed by atoms with Crippen molar-refractivity contribution < 1.29 is 9.59 Å². The van der Waals surface area contributed by atoms with E-state index in [4.69, 9.17) is 0 Å². The van der Waals surface area contributed by atoms with Crippen LogP contribution in [0.15, 0.2) is 36.7 Å². The molecule has 0 saturated carbocycles. The Bertz CT molecular complexity index is 783. The van der Waals surface area contributed by atoms with Crippen LogP contribution >= 0.6 is 0 Å². The van der Waals surface area contributed by atoms with Crippen LogP contribution < -0.4 is 15.5 Å². The minimum atomic E-state index is -0.273. The van der Waals surface area contributed by atoms with Gasteiger partial charge in [-0.2, -0.15) is 0 Å². The first-order valence-electron chi connectivity index (χ1n) is 9.03. The lowest BCUT2D eigenvalue weighted by Crippen LogP contribution is -2.46. The third-order valence-corrected chi connectivity index (χ3v) is 4.47. The van der Waals surface area contributed by atoms with Gasteiger partial charge in [0.2, 0.25) is 11.9 Å². The van der Waals surface area contributed by atoms with Crippen molar-refractivity contribution >= 4 is 29.1 Å². The molecule has 0 radical (unpaired) electrons. The number of aromatic nitrogens is 2. The molecule has 27 heavy (non-hydrogen) atoms. The summed E-state index contributed by atoms with van der Waals surface area (Å²) in [6.07, 6.45) is 3.10. The number of anilines is 3. The standard InChI is InChI=1S/C19H24N6O2/c1-3-24-8-10-25(11-9-24)19-20-12-15(13-21-19)18(27)23-17-6-4-16(5-7-17)22-14(2)26/h4-7,12-13H,3,8-11H2,1-2H3,(H,22,26)(H,23,27). The highest BCUT2D eigenvalue weighted by molar-refractivity contribution is 6.04. The van der Waals surface area contributed by atoms with E-state index < -0.39 is 0 Å². The monoisotopic (exact) mass is 368 g/mol. The maximum atomic E-state index is 12.4. The van der Waals surface area contributed by atoms with E-state index in [1.807, 2.05) is 0 Å². The lowest BCUT2D eigenvalue weighted by Gasteiger charge is -2.33. The second-order valence-electron chi connectivity index (χ2n) is 6.41. The third-order valence-electron chi connectivity index (χ3n) is 4.47. The summed E-state index contributed by atoms with van der Waals surface area (Å²) < 4.78 is 0. The fourth-order valence-electron chi connectivity index (χ4n) is 2.91. The first-order valence-corrected chi connectivity index (χ1v) is 9.03. The zero-order chi connectivity index (χ0) is 19.2. The predicted octanol–water partition coefficient (Wildman–Crippen LogP) is 1.83. The highest BCUT2D eigenvalue weighted by atomic mass is 16.2. The van der Waals surface area contributed by atoms with Gasteiger partial charge in [0.1, 0.15) is 0 Å². The number of carbonyl (C=O) groups excluding carboxylic acids is 2. The molecule has 2 aromatic rings. The summed E-state index contributed by atoms with van der Waals surface area (Å²) in [5.41, 5.74) is 1.71. The van der Waals surface area contributed by atoms with Crippen molar-refractivity contribution in [1.82, 2.24) is 14.9 Å². The molecular weight excluding hydrogens is 344 g/mol. The van der Waals surface area contributed by atoms with Gasteiger partial charge in [0, 0.05) is 56.9 Å². The molecule has 1 aromatic carbocycles. The van der Waals surface area contributed by atoms with Crippen molar-refractivity contribution in [2.24, 2.45) is 0 Å². The van der Waals surface area contributed by atoms with Gasteiger partial charge in [-0.3, -0.25) is 9.59 Å². The van der Waals surface area contributed by atoms with Crippen LogP contribution in [0.25, 0.3) is 0 Å². The molecule has 8 nitrogen and oxygen atoms in total. The summed E-state index contributed by atoms with van der Waals surface area (Å²) in [5, 5.41) is 5.48. The van der Waals surface area contributed by atoms with Crippen LogP contribution in [0.3, 0.4) is 0 Å². The van der Waals surface area contributed by atoms with E-state index in [9.17, 15) is 9.59 Å². The Morgan fingerprint density at radius 2 is 1.52 bits per heavy atom. The van der Waals surface area contributed by atoms with E-state index in [0.717, 1.165) is 32.7 Å². The molecular formula is C19H24N6O2. The number of piperazine rings is 1. The summed E-state index contributed by atoms with van der Waals surface area (Å²) in [7, 11) is 0. The van der Waals surface area contributed by atoms with Crippen molar-refractivity contribution in [2.75, 3.05) is 48.3 Å². The molecule has 0 spiro atoms. The second kappa shape index (κ2) is 8.59. The first kappa shape index (κ1) is 18.8. The number of rotatable bonds is 5. The number of benzene rings is 1. The van der Waals surface area contributed by atoms with Crippen molar-refractivity contribution in [1.29, 1.82) is 0 Å². The molecule has 2 heterocycles. The van der Waals surface area contributed by atoms with E-state index in [1.54, 1.807) is 36.7 Å². The number of nitrogens with one attached hydrogen (secondary N) is 2. The van der Waals surface area contributed by atoms with Crippen LogP contribution in [-0.2, 0) is 4.79 Å². The van der Waals surface area contributed by atoms with Gasteiger partial charge in [-0.1, -0.05) is 6.92 Å². The lowest BCUT2D eigenvalue weighted by atomic mass is 10.2. The number of amides is 2. The Kier molecular flexibility index (Phi) is 5.97. The number of carbonyl (C=O) groups is 2. The van der Waals surface area contributed by atoms with Crippen molar-refractivity contribution in [3.8, 4) is 0 Å². The van der Waals surface area contributed by atoms with E-state index in [2.05, 4.69) is 37.3 Å². The van der Waals surface area contributed by atoms with Gasteiger partial charge in [0.25, 0.3) is 5.91 Å². The van der Waals surface area contributed by atoms with E-state index in [-0.39, 0.29) is 11.8 Å². The van der Waals surface area contributed by atoms with E-state index in [0.29, 0.717) is 22.9 Å². The minimum absolute atomic E-state index is 0.139. The summed E-state index contributed by atoms with van der Waals surface area (Å²) in [6, 6.07) is 6.91. The molecule has 0 unspecified atom stereocenters. The molecule has 142 valence electrons.